The Morgan fingerprint density at radius 2 is 2.25 bits per heavy atom. The van der Waals surface area contributed by atoms with E-state index in [9.17, 15) is 9.90 Å². The molecule has 2 rings (SSSR count). The molecule has 1 heterocycles. The van der Waals surface area contributed by atoms with Crippen LogP contribution in [0.15, 0.2) is 23.0 Å². The maximum atomic E-state index is 11.3. The second-order valence-electron chi connectivity index (χ2n) is 2.68. The highest BCUT2D eigenvalue weighted by molar-refractivity contribution is 5.83. The molecule has 12 heavy (non-hydrogen) atoms. The lowest BCUT2D eigenvalue weighted by Crippen LogP contribution is -2.10. The zero-order chi connectivity index (χ0) is 8.72. The quantitative estimate of drug-likeness (QED) is 0.598. The van der Waals surface area contributed by atoms with Crippen LogP contribution in [-0.2, 0) is 7.05 Å². The Balaban J connectivity index is 3.05. The summed E-state index contributed by atoms with van der Waals surface area (Å²) in [6, 6.07) is 4.86. The molecular weight excluding hydrogens is 156 g/mol. The molecule has 0 spiro atoms. The average molecular weight is 164 g/mol. The number of hydrogen-bond acceptors (Lipinski definition) is 2. The van der Waals surface area contributed by atoms with Gasteiger partial charge in [-0.1, -0.05) is 6.07 Å². The standard InChI is InChI=1S/C8H8N2O2/c1-10-8(12)5-3-2-4-6(11)7(5)9-10/h2-4,9,11H,1H3. The lowest BCUT2D eigenvalue weighted by atomic mass is 10.2. The summed E-state index contributed by atoms with van der Waals surface area (Å²) in [5.41, 5.74) is 0.367. The van der Waals surface area contributed by atoms with Crippen molar-refractivity contribution in [2.45, 2.75) is 0 Å². The summed E-state index contributed by atoms with van der Waals surface area (Å²) in [5.74, 6) is 0.102. The summed E-state index contributed by atoms with van der Waals surface area (Å²) in [4.78, 5) is 11.3. The summed E-state index contributed by atoms with van der Waals surface area (Å²) in [7, 11) is 1.61. The first-order chi connectivity index (χ1) is 5.70. The van der Waals surface area contributed by atoms with Crippen molar-refractivity contribution in [3.05, 3.63) is 28.6 Å². The second-order valence-corrected chi connectivity index (χ2v) is 2.68. The first kappa shape index (κ1) is 6.97. The number of phenols is 1. The molecule has 0 aliphatic rings. The number of aromatic amines is 1. The van der Waals surface area contributed by atoms with E-state index in [1.807, 2.05) is 0 Å². The van der Waals surface area contributed by atoms with Crippen molar-refractivity contribution in [3.63, 3.8) is 0 Å². The maximum Gasteiger partial charge on any atom is 0.274 e. The van der Waals surface area contributed by atoms with Crippen LogP contribution in [-0.4, -0.2) is 14.9 Å². The van der Waals surface area contributed by atoms with Gasteiger partial charge >= 0.3 is 0 Å². The number of hydrogen-bond donors (Lipinski definition) is 2. The molecule has 0 unspecified atom stereocenters. The van der Waals surface area contributed by atoms with Crippen molar-refractivity contribution in [2.75, 3.05) is 0 Å². The predicted molar refractivity (Wildman–Crippen MR) is 45.2 cm³/mol. The lowest BCUT2D eigenvalue weighted by Gasteiger charge is -1.90. The van der Waals surface area contributed by atoms with Gasteiger partial charge in [-0.2, -0.15) is 0 Å². The number of aryl methyl sites for hydroxylation is 1. The fourth-order valence-corrected chi connectivity index (χ4v) is 1.24. The van der Waals surface area contributed by atoms with E-state index in [0.29, 0.717) is 10.9 Å². The van der Waals surface area contributed by atoms with Crippen LogP contribution < -0.4 is 5.56 Å². The van der Waals surface area contributed by atoms with Gasteiger partial charge in [-0.25, -0.2) is 0 Å². The fourth-order valence-electron chi connectivity index (χ4n) is 1.24. The third kappa shape index (κ3) is 0.747. The molecule has 0 amide bonds. The molecule has 0 fully saturated rings. The molecule has 1 aromatic carbocycles. The molecule has 0 radical (unpaired) electrons. The van der Waals surface area contributed by atoms with Crippen molar-refractivity contribution < 1.29 is 5.11 Å². The summed E-state index contributed by atoms with van der Waals surface area (Å²) >= 11 is 0. The zero-order valence-electron chi connectivity index (χ0n) is 6.53. The largest absolute Gasteiger partial charge is 0.506 e. The minimum absolute atomic E-state index is 0.102. The number of para-hydroxylation sites is 1. The van der Waals surface area contributed by atoms with Crippen LogP contribution >= 0.6 is 0 Å². The van der Waals surface area contributed by atoms with Gasteiger partial charge in [0.15, 0.2) is 0 Å². The monoisotopic (exact) mass is 164 g/mol. The smallest absolute Gasteiger partial charge is 0.274 e. The Bertz CT molecular complexity index is 481. The predicted octanol–water partition coefficient (Wildman–Crippen LogP) is 0.572. The topological polar surface area (TPSA) is 58.0 Å². The Morgan fingerprint density at radius 3 is 2.92 bits per heavy atom. The van der Waals surface area contributed by atoms with Gasteiger partial charge < -0.3 is 5.11 Å². The number of aromatic hydroxyl groups is 1. The molecular formula is C8H8N2O2. The Labute approximate surface area is 68.0 Å². The summed E-state index contributed by atoms with van der Waals surface area (Å²) < 4.78 is 1.34. The molecule has 0 atom stereocenters. The summed E-state index contributed by atoms with van der Waals surface area (Å²) in [5, 5.41) is 12.6. The number of benzene rings is 1. The van der Waals surface area contributed by atoms with Crippen molar-refractivity contribution in [3.8, 4) is 5.75 Å². The minimum atomic E-state index is -0.124. The molecule has 1 aromatic heterocycles. The van der Waals surface area contributed by atoms with E-state index < -0.39 is 0 Å². The number of H-pyrrole nitrogens is 1. The lowest BCUT2D eigenvalue weighted by molar-refractivity contribution is 0.479. The van der Waals surface area contributed by atoms with Crippen molar-refractivity contribution >= 4 is 10.9 Å². The third-order valence-corrected chi connectivity index (χ3v) is 1.86. The van der Waals surface area contributed by atoms with Crippen LogP contribution in [0.5, 0.6) is 5.75 Å². The maximum absolute atomic E-state index is 11.3. The second kappa shape index (κ2) is 2.14. The number of nitrogens with one attached hydrogen (secondary N) is 1. The fraction of sp³-hybridized carbons (Fsp3) is 0.125. The van der Waals surface area contributed by atoms with E-state index in [2.05, 4.69) is 5.10 Å². The van der Waals surface area contributed by atoms with E-state index in [4.69, 9.17) is 0 Å². The Hall–Kier alpha value is -1.71. The van der Waals surface area contributed by atoms with Gasteiger partial charge in [0.1, 0.15) is 11.3 Å². The summed E-state index contributed by atoms with van der Waals surface area (Å²) in [6.45, 7) is 0. The highest BCUT2D eigenvalue weighted by Gasteiger charge is 2.05. The van der Waals surface area contributed by atoms with Gasteiger partial charge in [-0.3, -0.25) is 14.6 Å². The molecule has 62 valence electrons. The average Bonchev–Trinajstić information content (AvgIpc) is 2.32. The van der Waals surface area contributed by atoms with Gasteiger partial charge in [0.2, 0.25) is 0 Å². The third-order valence-electron chi connectivity index (χ3n) is 1.86. The van der Waals surface area contributed by atoms with Crippen LogP contribution in [0.25, 0.3) is 10.9 Å². The first-order valence-electron chi connectivity index (χ1n) is 3.57. The molecule has 0 aliphatic carbocycles. The van der Waals surface area contributed by atoms with E-state index >= 15 is 0 Å². The van der Waals surface area contributed by atoms with Crippen LogP contribution in [0.1, 0.15) is 0 Å². The van der Waals surface area contributed by atoms with E-state index in [1.165, 1.54) is 10.7 Å². The molecule has 0 saturated carbocycles. The summed E-state index contributed by atoms with van der Waals surface area (Å²) in [6.07, 6.45) is 0. The van der Waals surface area contributed by atoms with Gasteiger partial charge in [0, 0.05) is 7.05 Å². The molecule has 4 nitrogen and oxygen atoms in total. The number of aromatic nitrogens is 2. The Kier molecular flexibility index (Phi) is 1.24. The van der Waals surface area contributed by atoms with Gasteiger partial charge in [-0.05, 0) is 12.1 Å². The molecule has 0 saturated heterocycles. The number of fused-ring (bicyclic) bond motifs is 1. The number of phenolic OH excluding ortho intramolecular Hbond substituents is 1. The number of rotatable bonds is 0. The van der Waals surface area contributed by atoms with E-state index in [-0.39, 0.29) is 11.3 Å². The van der Waals surface area contributed by atoms with Crippen LogP contribution in [0, 0.1) is 0 Å². The first-order valence-corrected chi connectivity index (χ1v) is 3.57. The van der Waals surface area contributed by atoms with Crippen molar-refractivity contribution in [1.29, 1.82) is 0 Å². The van der Waals surface area contributed by atoms with Crippen LogP contribution in [0.3, 0.4) is 0 Å². The van der Waals surface area contributed by atoms with Crippen molar-refractivity contribution in [1.82, 2.24) is 9.78 Å². The highest BCUT2D eigenvalue weighted by Crippen LogP contribution is 2.18. The normalized spacial score (nSPS) is 10.8. The van der Waals surface area contributed by atoms with Crippen molar-refractivity contribution in [2.24, 2.45) is 7.05 Å². The van der Waals surface area contributed by atoms with Gasteiger partial charge in [0.05, 0.1) is 5.39 Å². The minimum Gasteiger partial charge on any atom is -0.506 e. The highest BCUT2D eigenvalue weighted by atomic mass is 16.3. The van der Waals surface area contributed by atoms with Crippen LogP contribution in [0.4, 0.5) is 0 Å². The molecule has 0 bridgehead atoms. The van der Waals surface area contributed by atoms with E-state index in [0.717, 1.165) is 0 Å². The van der Waals surface area contributed by atoms with Gasteiger partial charge in [0.25, 0.3) is 5.56 Å². The molecule has 2 aromatic rings. The number of nitrogens with zero attached hydrogens (tertiary/aromatic N) is 1. The zero-order valence-corrected chi connectivity index (χ0v) is 6.53. The molecule has 0 aliphatic heterocycles. The molecule has 2 N–H and O–H groups in total. The SMILES string of the molecule is Cn1[nH]c2c(O)cccc2c1=O. The Morgan fingerprint density at radius 1 is 1.50 bits per heavy atom. The molecule has 4 heteroatoms. The van der Waals surface area contributed by atoms with E-state index in [1.54, 1.807) is 19.2 Å². The van der Waals surface area contributed by atoms with Crippen LogP contribution in [0.2, 0.25) is 0 Å². The van der Waals surface area contributed by atoms with Gasteiger partial charge in [-0.15, -0.1) is 0 Å².